The van der Waals surface area contributed by atoms with Gasteiger partial charge < -0.3 is 5.32 Å². The Kier molecular flexibility index (Phi) is 5.81. The van der Waals surface area contributed by atoms with Gasteiger partial charge in [-0.3, -0.25) is 4.79 Å². The number of para-hydroxylation sites is 1. The molecule has 0 spiro atoms. The molecule has 0 saturated carbocycles. The molecule has 1 unspecified atom stereocenters. The highest BCUT2D eigenvalue weighted by Gasteiger charge is 2.30. The fourth-order valence-electron chi connectivity index (χ4n) is 3.22. The summed E-state index contributed by atoms with van der Waals surface area (Å²) in [4.78, 5) is 12.6. The average molecular weight is 305 g/mol. The fraction of sp³-hybridized carbons (Fsp3) is 0.556. The maximum Gasteiger partial charge on any atom is 0.259 e. The van der Waals surface area contributed by atoms with Gasteiger partial charge in [0.25, 0.3) is 5.91 Å². The lowest BCUT2D eigenvalue weighted by molar-refractivity contribution is -0.113. The highest BCUT2D eigenvalue weighted by atomic mass is 31.2. The molecule has 0 aliphatic carbocycles. The van der Waals surface area contributed by atoms with Crippen LogP contribution in [0.2, 0.25) is 0 Å². The number of carbonyl (C=O) groups is 1. The van der Waals surface area contributed by atoms with Crippen molar-refractivity contribution in [3.05, 3.63) is 35.5 Å². The zero-order chi connectivity index (χ0) is 15.3. The van der Waals surface area contributed by atoms with E-state index < -0.39 is 7.26 Å². The first-order valence-electron chi connectivity index (χ1n) is 8.12. The summed E-state index contributed by atoms with van der Waals surface area (Å²) in [5.41, 5.74) is 3.31. The number of carbonyl (C=O) groups excluding carboxylic acids is 1. The van der Waals surface area contributed by atoms with Gasteiger partial charge in [0.1, 0.15) is 6.16 Å². The van der Waals surface area contributed by atoms with Crippen molar-refractivity contribution in [3.8, 4) is 0 Å². The van der Waals surface area contributed by atoms with E-state index >= 15 is 0 Å². The van der Waals surface area contributed by atoms with Crippen molar-refractivity contribution in [1.29, 1.82) is 0 Å². The van der Waals surface area contributed by atoms with Gasteiger partial charge in [-0.1, -0.05) is 31.0 Å². The maximum absolute atomic E-state index is 12.6. The van der Waals surface area contributed by atoms with E-state index in [0.717, 1.165) is 23.0 Å². The Morgan fingerprint density at radius 3 is 2.62 bits per heavy atom. The van der Waals surface area contributed by atoms with Crippen LogP contribution in [-0.2, 0) is 4.79 Å². The third kappa shape index (κ3) is 4.30. The lowest BCUT2D eigenvalue weighted by atomic mass is 10.1. The number of hydrogen-bond acceptors (Lipinski definition) is 1. The van der Waals surface area contributed by atoms with Gasteiger partial charge in [0.15, 0.2) is 0 Å². The second kappa shape index (κ2) is 7.40. The Bertz CT molecular complexity index is 470. The smallest absolute Gasteiger partial charge is 0.259 e. The van der Waals surface area contributed by atoms with Gasteiger partial charge in [-0.2, -0.15) is 6.16 Å². The highest BCUT2D eigenvalue weighted by Crippen LogP contribution is 2.63. The number of benzene rings is 1. The first-order valence-corrected chi connectivity index (χ1v) is 10.5. The van der Waals surface area contributed by atoms with E-state index in [4.69, 9.17) is 0 Å². The van der Waals surface area contributed by atoms with Crippen molar-refractivity contribution in [2.45, 2.75) is 46.5 Å². The molecule has 1 aromatic carbocycles. The summed E-state index contributed by atoms with van der Waals surface area (Å²) in [5, 5.41) is 3.17. The summed E-state index contributed by atoms with van der Waals surface area (Å²) in [6.45, 7) is 6.39. The van der Waals surface area contributed by atoms with Crippen LogP contribution >= 0.6 is 7.26 Å². The van der Waals surface area contributed by atoms with Gasteiger partial charge in [-0.05, 0) is 38.3 Å². The molecular weight excluding hydrogens is 277 g/mol. The molecule has 2 nitrogen and oxygen atoms in total. The number of aryl methyl sites for hydroxylation is 2. The second-order valence-electron chi connectivity index (χ2n) is 6.26. The zero-order valence-electron chi connectivity index (χ0n) is 13.6. The molecular formula is C18H28NOP. The van der Waals surface area contributed by atoms with Crippen molar-refractivity contribution in [3.63, 3.8) is 0 Å². The molecule has 1 saturated heterocycles. The quantitative estimate of drug-likeness (QED) is 0.614. The lowest BCUT2D eigenvalue weighted by Crippen LogP contribution is -2.22. The van der Waals surface area contributed by atoms with E-state index in [-0.39, 0.29) is 5.91 Å². The second-order valence-corrected chi connectivity index (χ2v) is 10.5. The number of nitrogens with one attached hydrogen (secondary N) is 1. The van der Waals surface area contributed by atoms with Crippen molar-refractivity contribution in [2.24, 2.45) is 0 Å². The number of rotatable bonds is 4. The van der Waals surface area contributed by atoms with Crippen LogP contribution in [0.1, 0.15) is 43.7 Å². The minimum atomic E-state index is -1.17. The van der Waals surface area contributed by atoms with E-state index in [1.54, 1.807) is 0 Å². The summed E-state index contributed by atoms with van der Waals surface area (Å²) in [6.07, 6.45) is 10.8. The Labute approximate surface area is 130 Å². The summed E-state index contributed by atoms with van der Waals surface area (Å²) in [7, 11) is -1.17. The number of amides is 1. The van der Waals surface area contributed by atoms with Gasteiger partial charge in [0.05, 0.1) is 0 Å². The number of anilines is 1. The van der Waals surface area contributed by atoms with E-state index in [9.17, 15) is 4.79 Å². The van der Waals surface area contributed by atoms with Gasteiger partial charge in [-0.15, -0.1) is 13.7 Å². The first kappa shape index (κ1) is 16.5. The predicted molar refractivity (Wildman–Crippen MR) is 94.5 cm³/mol. The van der Waals surface area contributed by atoms with Crippen LogP contribution in [0.15, 0.2) is 18.2 Å². The largest absolute Gasteiger partial charge is 0.323 e. The van der Waals surface area contributed by atoms with Crippen LogP contribution in [-0.4, -0.2) is 24.4 Å². The third-order valence-electron chi connectivity index (χ3n) is 4.66. The van der Waals surface area contributed by atoms with Crippen LogP contribution in [0.5, 0.6) is 0 Å². The van der Waals surface area contributed by atoms with Crippen LogP contribution < -0.4 is 5.32 Å². The Hall–Kier alpha value is -0.880. The van der Waals surface area contributed by atoms with Crippen LogP contribution in [0.4, 0.5) is 5.69 Å². The van der Waals surface area contributed by atoms with Crippen LogP contribution in [0, 0.1) is 20.0 Å². The fourth-order valence-corrected chi connectivity index (χ4v) is 6.73. The summed E-state index contributed by atoms with van der Waals surface area (Å²) in [5.74, 6) is 0.209. The molecule has 1 aliphatic heterocycles. The van der Waals surface area contributed by atoms with Gasteiger partial charge in [0, 0.05) is 18.0 Å². The van der Waals surface area contributed by atoms with Gasteiger partial charge in [-0.25, -0.2) is 0 Å². The molecule has 1 atom stereocenters. The molecule has 0 bridgehead atoms. The number of hydrogen-bond donors (Lipinski definition) is 1. The molecule has 1 N–H and O–H groups in total. The maximum atomic E-state index is 12.6. The van der Waals surface area contributed by atoms with E-state index in [0.29, 0.717) is 0 Å². The molecule has 116 valence electrons. The summed E-state index contributed by atoms with van der Waals surface area (Å²) >= 11 is 0. The topological polar surface area (TPSA) is 29.1 Å². The molecule has 1 aliphatic rings. The summed E-state index contributed by atoms with van der Waals surface area (Å²) < 4.78 is 0. The molecule has 2 rings (SSSR count). The van der Waals surface area contributed by atoms with Crippen molar-refractivity contribution in [2.75, 3.05) is 23.8 Å². The SMILES string of the molecule is CC[P+]1(CC(=O)Nc2c(C)cccc2C)[CH-]CCCCC1. The summed E-state index contributed by atoms with van der Waals surface area (Å²) in [6, 6.07) is 6.16. The van der Waals surface area contributed by atoms with E-state index in [2.05, 4.69) is 44.4 Å². The van der Waals surface area contributed by atoms with Crippen LogP contribution in [0.25, 0.3) is 0 Å². The predicted octanol–water partition coefficient (Wildman–Crippen LogP) is 5.02. The minimum Gasteiger partial charge on any atom is -0.323 e. The molecule has 0 radical (unpaired) electrons. The zero-order valence-corrected chi connectivity index (χ0v) is 14.5. The molecule has 1 amide bonds. The van der Waals surface area contributed by atoms with Crippen molar-refractivity contribution in [1.82, 2.24) is 0 Å². The standard InChI is InChI=1S/C18H28NOP/c1-4-21(12-7-5-6-8-13-21)14-17(20)19-18-15(2)10-9-11-16(18)3/h9-12H,4-8,13-14H2,1-3H3,(H,19,20). The normalized spacial score (nSPS) is 22.6. The first-order chi connectivity index (χ1) is 10.1. The van der Waals surface area contributed by atoms with Gasteiger partial charge >= 0.3 is 0 Å². The van der Waals surface area contributed by atoms with E-state index in [1.807, 2.05) is 6.07 Å². The molecule has 1 fully saturated rings. The Morgan fingerprint density at radius 1 is 1.24 bits per heavy atom. The molecule has 21 heavy (non-hydrogen) atoms. The van der Waals surface area contributed by atoms with E-state index in [1.165, 1.54) is 38.0 Å². The molecule has 1 heterocycles. The Morgan fingerprint density at radius 2 is 1.95 bits per heavy atom. The molecule has 3 heteroatoms. The lowest BCUT2D eigenvalue weighted by Gasteiger charge is -2.33. The molecule has 1 aromatic rings. The molecule has 0 aromatic heterocycles. The third-order valence-corrected chi connectivity index (χ3v) is 9.07. The minimum absolute atomic E-state index is 0.209. The highest BCUT2D eigenvalue weighted by molar-refractivity contribution is 7.78. The monoisotopic (exact) mass is 305 g/mol. The van der Waals surface area contributed by atoms with Crippen molar-refractivity contribution < 1.29 is 4.79 Å². The Balaban J connectivity index is 2.06. The van der Waals surface area contributed by atoms with Crippen LogP contribution in [0.3, 0.4) is 0 Å². The van der Waals surface area contributed by atoms with Gasteiger partial charge in [0.2, 0.25) is 0 Å². The van der Waals surface area contributed by atoms with Crippen molar-refractivity contribution >= 4 is 18.9 Å². The average Bonchev–Trinajstić information content (AvgIpc) is 2.69.